The molecule has 0 bridgehead atoms. The first-order valence-corrected chi connectivity index (χ1v) is 4.82. The second-order valence-electron chi connectivity index (χ2n) is 3.45. The Hall–Kier alpha value is -2.90. The van der Waals surface area contributed by atoms with Crippen LogP contribution in [-0.4, -0.2) is 25.9 Å². The van der Waals surface area contributed by atoms with Gasteiger partial charge in [0, 0.05) is 17.7 Å². The minimum Gasteiger partial charge on any atom is -0.493 e. The van der Waals surface area contributed by atoms with Crippen molar-refractivity contribution in [3.8, 4) is 17.3 Å². The van der Waals surface area contributed by atoms with Crippen molar-refractivity contribution >= 4 is 11.6 Å². The number of H-pyrrole nitrogens is 1. The number of rotatable bonds is 3. The molecule has 0 atom stereocenters. The van der Waals surface area contributed by atoms with Crippen molar-refractivity contribution in [1.82, 2.24) is 9.97 Å². The molecule has 8 heteroatoms. The standard InChI is InChI=1S/C10H8N4O4/c11-8(15)7-10(16)13-9(12-7)5-1-3-6(4-2-5)14(17)18/h1-4,16H,(H2,11,15)(H,12,13). The van der Waals surface area contributed by atoms with Crippen LogP contribution in [0, 0.1) is 10.1 Å². The van der Waals surface area contributed by atoms with Crippen LogP contribution in [0.15, 0.2) is 24.3 Å². The van der Waals surface area contributed by atoms with Gasteiger partial charge in [-0.3, -0.25) is 14.9 Å². The second-order valence-corrected chi connectivity index (χ2v) is 3.45. The summed E-state index contributed by atoms with van der Waals surface area (Å²) in [6.07, 6.45) is 0. The largest absolute Gasteiger partial charge is 0.493 e. The lowest BCUT2D eigenvalue weighted by molar-refractivity contribution is -0.384. The summed E-state index contributed by atoms with van der Waals surface area (Å²) in [5.74, 6) is -1.09. The number of nitrogens with zero attached hydrogens (tertiary/aromatic N) is 2. The van der Waals surface area contributed by atoms with Gasteiger partial charge >= 0.3 is 0 Å². The van der Waals surface area contributed by atoms with Crippen LogP contribution < -0.4 is 5.73 Å². The van der Waals surface area contributed by atoms with Gasteiger partial charge < -0.3 is 15.8 Å². The van der Waals surface area contributed by atoms with E-state index in [1.54, 1.807) is 0 Å². The summed E-state index contributed by atoms with van der Waals surface area (Å²) >= 11 is 0. The number of nitrogens with one attached hydrogen (secondary N) is 1. The summed E-state index contributed by atoms with van der Waals surface area (Å²) in [4.78, 5) is 27.1. The van der Waals surface area contributed by atoms with E-state index >= 15 is 0 Å². The van der Waals surface area contributed by atoms with Crippen LogP contribution in [-0.2, 0) is 0 Å². The fraction of sp³-hybridized carbons (Fsp3) is 0. The monoisotopic (exact) mass is 248 g/mol. The molecule has 8 nitrogen and oxygen atoms in total. The Labute approximate surface area is 100 Å². The summed E-state index contributed by atoms with van der Waals surface area (Å²) in [7, 11) is 0. The van der Waals surface area contributed by atoms with Crippen LogP contribution >= 0.6 is 0 Å². The zero-order valence-corrected chi connectivity index (χ0v) is 8.95. The van der Waals surface area contributed by atoms with Crippen LogP contribution in [0.3, 0.4) is 0 Å². The van der Waals surface area contributed by atoms with Crippen LogP contribution in [0.1, 0.15) is 10.5 Å². The van der Waals surface area contributed by atoms with Gasteiger partial charge in [-0.15, -0.1) is 0 Å². The van der Waals surface area contributed by atoms with Gasteiger partial charge in [0.15, 0.2) is 5.69 Å². The number of aromatic hydroxyl groups is 1. The van der Waals surface area contributed by atoms with Crippen molar-refractivity contribution in [1.29, 1.82) is 0 Å². The molecule has 0 saturated carbocycles. The molecule has 0 fully saturated rings. The number of aromatic nitrogens is 2. The topological polar surface area (TPSA) is 135 Å². The van der Waals surface area contributed by atoms with Crippen LogP contribution in [0.4, 0.5) is 5.69 Å². The molecule has 1 amide bonds. The molecule has 0 saturated heterocycles. The van der Waals surface area contributed by atoms with Gasteiger partial charge in [0.1, 0.15) is 5.82 Å². The van der Waals surface area contributed by atoms with Crippen molar-refractivity contribution in [3.05, 3.63) is 40.1 Å². The molecule has 0 spiro atoms. The highest BCUT2D eigenvalue weighted by Gasteiger charge is 2.15. The van der Waals surface area contributed by atoms with E-state index < -0.39 is 16.7 Å². The summed E-state index contributed by atoms with van der Waals surface area (Å²) in [6.45, 7) is 0. The lowest BCUT2D eigenvalue weighted by Gasteiger charge is -1.95. The number of nitrogens with two attached hydrogens (primary N) is 1. The first kappa shape index (κ1) is 11.6. The van der Waals surface area contributed by atoms with Gasteiger partial charge in [-0.25, -0.2) is 4.98 Å². The molecule has 0 aliphatic rings. The summed E-state index contributed by atoms with van der Waals surface area (Å²) in [5.41, 5.74) is 5.15. The highest BCUT2D eigenvalue weighted by Crippen LogP contribution is 2.23. The number of nitro benzene ring substituents is 1. The molecular formula is C10H8N4O4. The molecule has 2 aromatic rings. The lowest BCUT2D eigenvalue weighted by atomic mass is 10.2. The molecular weight excluding hydrogens is 240 g/mol. The van der Waals surface area contributed by atoms with Gasteiger partial charge in [-0.05, 0) is 12.1 Å². The number of hydrogen-bond donors (Lipinski definition) is 3. The maximum atomic E-state index is 10.9. The van der Waals surface area contributed by atoms with E-state index in [0.29, 0.717) is 5.56 Å². The highest BCUT2D eigenvalue weighted by molar-refractivity contribution is 5.93. The quantitative estimate of drug-likeness (QED) is 0.545. The van der Waals surface area contributed by atoms with Crippen molar-refractivity contribution in [2.75, 3.05) is 0 Å². The molecule has 0 aliphatic carbocycles. The summed E-state index contributed by atoms with van der Waals surface area (Å²) < 4.78 is 0. The molecule has 0 radical (unpaired) electrons. The van der Waals surface area contributed by atoms with Crippen molar-refractivity contribution in [2.24, 2.45) is 5.73 Å². The smallest absolute Gasteiger partial charge is 0.272 e. The third-order valence-electron chi connectivity index (χ3n) is 2.27. The average molecular weight is 248 g/mol. The third kappa shape index (κ3) is 1.98. The predicted octanol–water partition coefficient (Wildman–Crippen LogP) is 0.789. The predicted molar refractivity (Wildman–Crippen MR) is 60.9 cm³/mol. The van der Waals surface area contributed by atoms with Crippen LogP contribution in [0.2, 0.25) is 0 Å². The summed E-state index contributed by atoms with van der Waals surface area (Å²) in [5, 5.41) is 19.9. The number of benzene rings is 1. The van der Waals surface area contributed by atoms with E-state index in [4.69, 9.17) is 5.73 Å². The highest BCUT2D eigenvalue weighted by atomic mass is 16.6. The van der Waals surface area contributed by atoms with E-state index in [-0.39, 0.29) is 17.2 Å². The zero-order chi connectivity index (χ0) is 13.3. The Kier molecular flexibility index (Phi) is 2.68. The number of aromatic amines is 1. The van der Waals surface area contributed by atoms with Gasteiger partial charge in [-0.1, -0.05) is 0 Å². The van der Waals surface area contributed by atoms with Crippen LogP contribution in [0.5, 0.6) is 5.88 Å². The lowest BCUT2D eigenvalue weighted by Crippen LogP contribution is -2.11. The first-order chi connectivity index (χ1) is 8.49. The Morgan fingerprint density at radius 2 is 2.00 bits per heavy atom. The van der Waals surface area contributed by atoms with Gasteiger partial charge in [-0.2, -0.15) is 0 Å². The Bertz CT molecular complexity index is 617. The van der Waals surface area contributed by atoms with Crippen molar-refractivity contribution in [3.63, 3.8) is 0 Å². The average Bonchev–Trinajstić information content (AvgIpc) is 2.71. The minimum atomic E-state index is -0.864. The molecule has 0 unspecified atom stereocenters. The molecule has 2 rings (SSSR count). The van der Waals surface area contributed by atoms with Crippen LogP contribution in [0.25, 0.3) is 11.4 Å². The molecule has 0 aliphatic heterocycles. The number of imidazole rings is 1. The number of non-ortho nitro benzene ring substituents is 1. The van der Waals surface area contributed by atoms with Gasteiger partial charge in [0.2, 0.25) is 5.88 Å². The molecule has 18 heavy (non-hydrogen) atoms. The van der Waals surface area contributed by atoms with E-state index in [9.17, 15) is 20.0 Å². The molecule has 4 N–H and O–H groups in total. The minimum absolute atomic E-state index is 0.0651. The number of carbonyl (C=O) groups is 1. The fourth-order valence-electron chi connectivity index (χ4n) is 1.41. The summed E-state index contributed by atoms with van der Waals surface area (Å²) in [6, 6.07) is 5.47. The first-order valence-electron chi connectivity index (χ1n) is 4.82. The third-order valence-corrected chi connectivity index (χ3v) is 2.27. The normalized spacial score (nSPS) is 10.2. The van der Waals surface area contributed by atoms with Crippen molar-refractivity contribution < 1.29 is 14.8 Å². The fourth-order valence-corrected chi connectivity index (χ4v) is 1.41. The van der Waals surface area contributed by atoms with E-state index in [2.05, 4.69) is 9.97 Å². The maximum absolute atomic E-state index is 10.9. The van der Waals surface area contributed by atoms with Gasteiger partial charge in [0.25, 0.3) is 11.6 Å². The van der Waals surface area contributed by atoms with Crippen molar-refractivity contribution in [2.45, 2.75) is 0 Å². The van der Waals surface area contributed by atoms with Gasteiger partial charge in [0.05, 0.1) is 4.92 Å². The Morgan fingerprint density at radius 1 is 1.39 bits per heavy atom. The molecule has 1 aromatic heterocycles. The number of amides is 1. The van der Waals surface area contributed by atoms with E-state index in [0.717, 1.165) is 0 Å². The number of carbonyl (C=O) groups excluding carboxylic acids is 1. The molecule has 1 heterocycles. The number of nitro groups is 1. The zero-order valence-electron chi connectivity index (χ0n) is 8.95. The number of primary amides is 1. The second kappa shape index (κ2) is 4.17. The van der Waals surface area contributed by atoms with E-state index in [1.165, 1.54) is 24.3 Å². The SMILES string of the molecule is NC(=O)c1nc(-c2ccc([N+](=O)[O-])cc2)[nH]c1O. The number of hydrogen-bond acceptors (Lipinski definition) is 5. The Morgan fingerprint density at radius 3 is 2.44 bits per heavy atom. The Balaban J connectivity index is 2.40. The molecule has 92 valence electrons. The maximum Gasteiger partial charge on any atom is 0.272 e. The van der Waals surface area contributed by atoms with E-state index in [1.807, 2.05) is 0 Å². The molecule has 1 aromatic carbocycles.